The van der Waals surface area contributed by atoms with Gasteiger partial charge in [-0.05, 0) is 42.8 Å². The average Bonchev–Trinajstić information content (AvgIpc) is 2.71. The van der Waals surface area contributed by atoms with Crippen LogP contribution in [0, 0.1) is 6.92 Å². The zero-order valence-corrected chi connectivity index (χ0v) is 12.5. The van der Waals surface area contributed by atoms with Crippen molar-refractivity contribution >= 4 is 44.3 Å². The van der Waals surface area contributed by atoms with E-state index in [-0.39, 0.29) is 0 Å². The summed E-state index contributed by atoms with van der Waals surface area (Å²) < 4.78 is 0.926. The van der Waals surface area contributed by atoms with Gasteiger partial charge in [0.05, 0.1) is 11.2 Å². The van der Waals surface area contributed by atoms with E-state index in [0.29, 0.717) is 10.7 Å². The first-order valence-corrected chi connectivity index (χ1v) is 6.92. The molecule has 1 aromatic heterocycles. The summed E-state index contributed by atoms with van der Waals surface area (Å²) in [7, 11) is 0. The number of anilines is 1. The normalized spacial score (nSPS) is 11.1. The molecule has 0 saturated heterocycles. The molecule has 5 heteroatoms. The summed E-state index contributed by atoms with van der Waals surface area (Å²) in [6.07, 6.45) is 0. The van der Waals surface area contributed by atoms with Crippen LogP contribution in [0.1, 0.15) is 5.56 Å². The number of benzene rings is 2. The fourth-order valence-electron chi connectivity index (χ4n) is 2.12. The molecule has 0 fully saturated rings. The Morgan fingerprint density at radius 3 is 2.74 bits per heavy atom. The maximum absolute atomic E-state index is 6.08. The number of nitrogens with two attached hydrogens (primary N) is 1. The Labute approximate surface area is 123 Å². The highest BCUT2D eigenvalue weighted by Crippen LogP contribution is 2.29. The van der Waals surface area contributed by atoms with E-state index in [4.69, 9.17) is 17.3 Å². The summed E-state index contributed by atoms with van der Waals surface area (Å²) in [5.41, 5.74) is 10.3. The SMILES string of the molecule is Cc1cc(Cl)cc(-c2nc3c(N)cc(Br)cc3[nH]2)c1. The van der Waals surface area contributed by atoms with Crippen LogP contribution < -0.4 is 5.73 Å². The number of nitrogens with zero attached hydrogens (tertiary/aromatic N) is 1. The van der Waals surface area contributed by atoms with Crippen molar-refractivity contribution in [2.24, 2.45) is 0 Å². The number of fused-ring (bicyclic) bond motifs is 1. The number of imidazole rings is 1. The molecule has 0 aliphatic carbocycles. The van der Waals surface area contributed by atoms with Gasteiger partial charge in [-0.25, -0.2) is 4.98 Å². The van der Waals surface area contributed by atoms with Gasteiger partial charge in [-0.1, -0.05) is 27.5 Å². The van der Waals surface area contributed by atoms with E-state index < -0.39 is 0 Å². The number of H-pyrrole nitrogens is 1. The van der Waals surface area contributed by atoms with Gasteiger partial charge in [-0.3, -0.25) is 0 Å². The Kier molecular flexibility index (Phi) is 2.99. The third-order valence-corrected chi connectivity index (χ3v) is 3.57. The van der Waals surface area contributed by atoms with E-state index in [0.717, 1.165) is 32.5 Å². The Hall–Kier alpha value is -1.52. The lowest BCUT2D eigenvalue weighted by atomic mass is 10.1. The van der Waals surface area contributed by atoms with Crippen LogP contribution in [0.5, 0.6) is 0 Å². The van der Waals surface area contributed by atoms with Crippen molar-refractivity contribution in [1.29, 1.82) is 0 Å². The zero-order chi connectivity index (χ0) is 13.6. The van der Waals surface area contributed by atoms with Crippen LogP contribution in [0.2, 0.25) is 5.02 Å². The van der Waals surface area contributed by atoms with Crippen LogP contribution >= 0.6 is 27.5 Å². The molecular formula is C14H11BrClN3. The lowest BCUT2D eigenvalue weighted by molar-refractivity contribution is 1.32. The van der Waals surface area contributed by atoms with Gasteiger partial charge in [0, 0.05) is 15.1 Å². The molecule has 3 nitrogen and oxygen atoms in total. The molecule has 96 valence electrons. The molecule has 19 heavy (non-hydrogen) atoms. The molecule has 0 bridgehead atoms. The Morgan fingerprint density at radius 1 is 1.21 bits per heavy atom. The van der Waals surface area contributed by atoms with Gasteiger partial charge in [0.25, 0.3) is 0 Å². The fraction of sp³-hybridized carbons (Fsp3) is 0.0714. The Morgan fingerprint density at radius 2 is 2.00 bits per heavy atom. The average molecular weight is 337 g/mol. The second-order valence-corrected chi connectivity index (χ2v) is 5.85. The van der Waals surface area contributed by atoms with Gasteiger partial charge in [-0.2, -0.15) is 0 Å². The molecule has 0 aliphatic rings. The largest absolute Gasteiger partial charge is 0.397 e. The van der Waals surface area contributed by atoms with Crippen LogP contribution in [0.3, 0.4) is 0 Å². The van der Waals surface area contributed by atoms with Crippen molar-refractivity contribution < 1.29 is 0 Å². The molecule has 0 atom stereocenters. The molecule has 3 N–H and O–H groups in total. The Balaban J connectivity index is 2.23. The second kappa shape index (κ2) is 4.54. The summed E-state index contributed by atoms with van der Waals surface area (Å²) in [4.78, 5) is 7.81. The van der Waals surface area contributed by atoms with Crippen LogP contribution in [0.25, 0.3) is 22.4 Å². The first-order chi connectivity index (χ1) is 9.02. The fourth-order valence-corrected chi connectivity index (χ4v) is 2.88. The minimum Gasteiger partial charge on any atom is -0.397 e. The number of aromatic nitrogens is 2. The number of nitrogens with one attached hydrogen (secondary N) is 1. The highest BCUT2D eigenvalue weighted by atomic mass is 79.9. The predicted octanol–water partition coefficient (Wildman–Crippen LogP) is 4.54. The predicted molar refractivity (Wildman–Crippen MR) is 83.4 cm³/mol. The van der Waals surface area contributed by atoms with E-state index in [1.807, 2.05) is 37.3 Å². The number of rotatable bonds is 1. The van der Waals surface area contributed by atoms with Crippen LogP contribution in [-0.4, -0.2) is 9.97 Å². The summed E-state index contributed by atoms with van der Waals surface area (Å²) in [6, 6.07) is 9.64. The number of halogens is 2. The molecule has 0 unspecified atom stereocenters. The van der Waals surface area contributed by atoms with Crippen molar-refractivity contribution in [3.05, 3.63) is 45.4 Å². The molecule has 0 saturated carbocycles. The van der Waals surface area contributed by atoms with Gasteiger partial charge in [0.1, 0.15) is 11.3 Å². The van der Waals surface area contributed by atoms with Crippen LogP contribution in [0.15, 0.2) is 34.8 Å². The monoisotopic (exact) mass is 335 g/mol. The van der Waals surface area contributed by atoms with Crippen molar-refractivity contribution in [2.75, 3.05) is 5.73 Å². The third-order valence-electron chi connectivity index (χ3n) is 2.90. The van der Waals surface area contributed by atoms with Crippen molar-refractivity contribution in [1.82, 2.24) is 9.97 Å². The lowest BCUT2D eigenvalue weighted by Crippen LogP contribution is -1.86. The highest BCUT2D eigenvalue weighted by molar-refractivity contribution is 9.10. The minimum atomic E-state index is 0.644. The second-order valence-electron chi connectivity index (χ2n) is 4.49. The van der Waals surface area contributed by atoms with Gasteiger partial charge >= 0.3 is 0 Å². The Bertz CT molecular complexity index is 759. The quantitative estimate of drug-likeness (QED) is 0.641. The molecule has 0 spiro atoms. The molecule has 3 rings (SSSR count). The molecule has 0 amide bonds. The molecule has 1 heterocycles. The molecule has 2 aromatic carbocycles. The molecule has 0 aliphatic heterocycles. The smallest absolute Gasteiger partial charge is 0.138 e. The summed E-state index contributed by atoms with van der Waals surface area (Å²) in [5.74, 6) is 0.769. The zero-order valence-electron chi connectivity index (χ0n) is 10.2. The number of hydrogen-bond acceptors (Lipinski definition) is 2. The van der Waals surface area contributed by atoms with Crippen molar-refractivity contribution in [3.63, 3.8) is 0 Å². The third kappa shape index (κ3) is 2.33. The highest BCUT2D eigenvalue weighted by Gasteiger charge is 2.09. The summed E-state index contributed by atoms with van der Waals surface area (Å²) >= 11 is 9.50. The van der Waals surface area contributed by atoms with E-state index >= 15 is 0 Å². The van der Waals surface area contributed by atoms with Crippen molar-refractivity contribution in [2.45, 2.75) is 6.92 Å². The maximum atomic E-state index is 6.08. The standard InChI is InChI=1S/C14H11BrClN3/c1-7-2-8(4-10(16)3-7)14-18-12-6-9(15)5-11(17)13(12)19-14/h2-6H,17H2,1H3,(H,18,19). The number of aryl methyl sites for hydroxylation is 1. The summed E-state index contributed by atoms with van der Waals surface area (Å²) in [6.45, 7) is 2.00. The van der Waals surface area contributed by atoms with Gasteiger partial charge < -0.3 is 10.7 Å². The number of hydrogen-bond donors (Lipinski definition) is 2. The maximum Gasteiger partial charge on any atom is 0.138 e. The lowest BCUT2D eigenvalue weighted by Gasteiger charge is -2.00. The first kappa shape index (κ1) is 12.5. The minimum absolute atomic E-state index is 0.644. The topological polar surface area (TPSA) is 54.7 Å². The first-order valence-electron chi connectivity index (χ1n) is 5.75. The number of aromatic amines is 1. The van der Waals surface area contributed by atoms with E-state index in [1.54, 1.807) is 0 Å². The van der Waals surface area contributed by atoms with Crippen LogP contribution in [0.4, 0.5) is 5.69 Å². The summed E-state index contributed by atoms with van der Waals surface area (Å²) in [5, 5.41) is 0.699. The molecule has 3 aromatic rings. The van der Waals surface area contributed by atoms with Crippen LogP contribution in [-0.2, 0) is 0 Å². The van der Waals surface area contributed by atoms with Crippen molar-refractivity contribution in [3.8, 4) is 11.4 Å². The number of nitrogen functional groups attached to an aromatic ring is 1. The molecule has 0 radical (unpaired) electrons. The molecular weight excluding hydrogens is 326 g/mol. The van der Waals surface area contributed by atoms with E-state index in [1.165, 1.54) is 0 Å². The van der Waals surface area contributed by atoms with E-state index in [9.17, 15) is 0 Å². The van der Waals surface area contributed by atoms with Gasteiger partial charge in [-0.15, -0.1) is 0 Å². The van der Waals surface area contributed by atoms with Gasteiger partial charge in [0.2, 0.25) is 0 Å². The van der Waals surface area contributed by atoms with E-state index in [2.05, 4.69) is 25.9 Å². The van der Waals surface area contributed by atoms with Gasteiger partial charge in [0.15, 0.2) is 0 Å².